The van der Waals surface area contributed by atoms with Crippen LogP contribution >= 0.6 is 15.9 Å². The van der Waals surface area contributed by atoms with Crippen LogP contribution in [0, 0.1) is 6.92 Å². The number of piperidine rings is 1. The molecule has 204 valence electrons. The molecule has 11 heteroatoms. The number of hydrogen-bond donors (Lipinski definition) is 0. The van der Waals surface area contributed by atoms with Gasteiger partial charge >= 0.3 is 6.18 Å². The summed E-state index contributed by atoms with van der Waals surface area (Å²) in [7, 11) is -3.98. The molecule has 0 spiro atoms. The quantitative estimate of drug-likeness (QED) is 0.321. The number of halogens is 4. The molecular weight excluding hydrogens is 583 g/mol. The van der Waals surface area contributed by atoms with E-state index in [2.05, 4.69) is 31.1 Å². The van der Waals surface area contributed by atoms with Crippen molar-refractivity contribution in [2.24, 2.45) is 0 Å². The van der Waals surface area contributed by atoms with Crippen LogP contribution < -0.4 is 0 Å². The topological polar surface area (TPSA) is 76.3 Å². The van der Waals surface area contributed by atoms with Gasteiger partial charge < -0.3 is 4.90 Å². The lowest BCUT2D eigenvalue weighted by Crippen LogP contribution is -2.48. The van der Waals surface area contributed by atoms with Crippen LogP contribution in [-0.2, 0) is 20.8 Å². The zero-order chi connectivity index (χ0) is 27.1. The molecule has 0 bridgehead atoms. The molecule has 1 aliphatic carbocycles. The van der Waals surface area contributed by atoms with Gasteiger partial charge in [-0.15, -0.1) is 0 Å². The van der Waals surface area contributed by atoms with Gasteiger partial charge in [0.15, 0.2) is 9.84 Å². The highest BCUT2D eigenvalue weighted by atomic mass is 79.9. The molecule has 2 heterocycles. The summed E-state index contributed by atoms with van der Waals surface area (Å²) in [5, 5.41) is 7.97. The fraction of sp³-hybridized carbons (Fsp3) is 0.481. The molecule has 2 aliphatic rings. The molecule has 1 aliphatic heterocycles. The van der Waals surface area contributed by atoms with E-state index in [0.717, 1.165) is 66.1 Å². The second-order valence-electron chi connectivity index (χ2n) is 10.3. The van der Waals surface area contributed by atoms with E-state index < -0.39 is 26.3 Å². The van der Waals surface area contributed by atoms with Gasteiger partial charge in [0.2, 0.25) is 0 Å². The number of aryl methyl sites for hydroxylation is 1. The summed E-state index contributed by atoms with van der Waals surface area (Å²) >= 11 is 3.42. The number of nitrogens with zero attached hydrogens (tertiary/aromatic N) is 3. The summed E-state index contributed by atoms with van der Waals surface area (Å²) in [6, 6.07) is 11.4. The molecule has 3 aromatic rings. The number of alkyl halides is 3. The van der Waals surface area contributed by atoms with Crippen LogP contribution in [0.25, 0.3) is 0 Å². The fourth-order valence-electron chi connectivity index (χ4n) is 6.10. The summed E-state index contributed by atoms with van der Waals surface area (Å²) in [5.41, 5.74) is 1.56. The zero-order valence-corrected chi connectivity index (χ0v) is 23.3. The highest BCUT2D eigenvalue weighted by molar-refractivity contribution is 9.10. The lowest BCUT2D eigenvalue weighted by molar-refractivity contribution is -0.137. The van der Waals surface area contributed by atoms with Crippen LogP contribution in [-0.4, -0.2) is 42.8 Å². The summed E-state index contributed by atoms with van der Waals surface area (Å²) < 4.78 is 72.1. The van der Waals surface area contributed by atoms with E-state index in [9.17, 15) is 21.6 Å². The minimum atomic E-state index is -4.53. The molecular formula is C27H29BrF3N3O3S. The minimum absolute atomic E-state index is 0.0794. The monoisotopic (exact) mass is 611 g/mol. The molecule has 2 aromatic carbocycles. The molecule has 5 rings (SSSR count). The maximum atomic E-state index is 14.1. The number of hydrogen-bond acceptors (Lipinski definition) is 6. The molecule has 1 saturated carbocycles. The Kier molecular flexibility index (Phi) is 7.47. The van der Waals surface area contributed by atoms with Crippen molar-refractivity contribution in [1.29, 1.82) is 0 Å². The maximum absolute atomic E-state index is 14.1. The molecule has 0 N–H and O–H groups in total. The van der Waals surface area contributed by atoms with E-state index >= 15 is 0 Å². The first-order valence-electron chi connectivity index (χ1n) is 12.7. The second kappa shape index (κ2) is 10.4. The fourth-order valence-corrected chi connectivity index (χ4v) is 8.52. The minimum Gasteiger partial charge on any atom is -0.300 e. The van der Waals surface area contributed by atoms with Crippen molar-refractivity contribution in [3.05, 3.63) is 75.5 Å². The van der Waals surface area contributed by atoms with Crippen LogP contribution in [0.5, 0.6) is 0 Å². The van der Waals surface area contributed by atoms with E-state index in [1.807, 2.05) is 31.2 Å². The van der Waals surface area contributed by atoms with E-state index in [0.29, 0.717) is 37.2 Å². The number of sulfone groups is 1. The van der Waals surface area contributed by atoms with Crippen molar-refractivity contribution in [1.82, 2.24) is 15.2 Å². The Bertz CT molecular complexity index is 1360. The van der Waals surface area contributed by atoms with Gasteiger partial charge in [-0.25, -0.2) is 13.0 Å². The summed E-state index contributed by atoms with van der Waals surface area (Å²) in [6.45, 7) is 3.68. The van der Waals surface area contributed by atoms with E-state index in [1.165, 1.54) is 0 Å². The zero-order valence-electron chi connectivity index (χ0n) is 20.9. The van der Waals surface area contributed by atoms with Crippen molar-refractivity contribution >= 4 is 25.8 Å². The van der Waals surface area contributed by atoms with Gasteiger partial charge in [0.05, 0.1) is 10.5 Å². The first-order chi connectivity index (χ1) is 18.0. The molecule has 0 amide bonds. The van der Waals surface area contributed by atoms with Gasteiger partial charge in [0.25, 0.3) is 0 Å². The third-order valence-corrected chi connectivity index (χ3v) is 11.4. The number of rotatable bonds is 5. The third kappa shape index (κ3) is 5.04. The third-order valence-electron chi connectivity index (χ3n) is 8.26. The first-order valence-corrected chi connectivity index (χ1v) is 15.0. The Hall–Kier alpha value is -2.24. The van der Waals surface area contributed by atoms with Crippen LogP contribution in [0.15, 0.2) is 62.5 Å². The molecule has 6 nitrogen and oxygen atoms in total. The smallest absolute Gasteiger partial charge is 0.300 e. The van der Waals surface area contributed by atoms with Gasteiger partial charge in [0, 0.05) is 16.4 Å². The largest absolute Gasteiger partial charge is 0.416 e. The molecule has 1 aromatic heterocycles. The van der Waals surface area contributed by atoms with E-state index in [-0.39, 0.29) is 10.9 Å². The molecule has 0 radical (unpaired) electrons. The van der Waals surface area contributed by atoms with E-state index in [4.69, 9.17) is 4.63 Å². The van der Waals surface area contributed by atoms with Crippen molar-refractivity contribution in [2.45, 2.75) is 73.2 Å². The van der Waals surface area contributed by atoms with Gasteiger partial charge in [-0.3, -0.25) is 0 Å². The Morgan fingerprint density at radius 2 is 1.55 bits per heavy atom. The lowest BCUT2D eigenvalue weighted by atomic mass is 9.79. The molecule has 2 fully saturated rings. The predicted octanol–water partition coefficient (Wildman–Crippen LogP) is 6.65. The van der Waals surface area contributed by atoms with Crippen LogP contribution in [0.4, 0.5) is 13.2 Å². The molecule has 1 saturated heterocycles. The maximum Gasteiger partial charge on any atom is 0.416 e. The van der Waals surface area contributed by atoms with Gasteiger partial charge in [-0.1, -0.05) is 38.4 Å². The number of likely N-dealkylation sites (tertiary alicyclic amines) is 1. The summed E-state index contributed by atoms with van der Waals surface area (Å²) in [4.78, 5) is 2.36. The highest BCUT2D eigenvalue weighted by Crippen LogP contribution is 2.48. The average molecular weight is 613 g/mol. The first kappa shape index (κ1) is 27.3. The van der Waals surface area contributed by atoms with Crippen LogP contribution in [0.3, 0.4) is 0 Å². The van der Waals surface area contributed by atoms with Crippen molar-refractivity contribution in [2.75, 3.05) is 13.1 Å². The van der Waals surface area contributed by atoms with Crippen LogP contribution in [0.1, 0.15) is 67.0 Å². The van der Waals surface area contributed by atoms with Gasteiger partial charge in [-0.05, 0) is 100 Å². The molecule has 0 atom stereocenters. The molecule has 38 heavy (non-hydrogen) atoms. The van der Waals surface area contributed by atoms with E-state index in [1.54, 1.807) is 0 Å². The Labute approximate surface area is 228 Å². The van der Waals surface area contributed by atoms with Crippen molar-refractivity contribution in [3.63, 3.8) is 0 Å². The Morgan fingerprint density at radius 1 is 0.947 bits per heavy atom. The predicted molar refractivity (Wildman–Crippen MR) is 139 cm³/mol. The van der Waals surface area contributed by atoms with Crippen molar-refractivity contribution in [3.8, 4) is 0 Å². The van der Waals surface area contributed by atoms with Gasteiger partial charge in [0.1, 0.15) is 16.1 Å². The summed E-state index contributed by atoms with van der Waals surface area (Å²) in [6.07, 6.45) is -0.485. The standard InChI is InChI=1S/C27H29BrF3N3O3S/c1-18-25(33-37-32-18)19-12-16-34(17-13-19)23-10-14-26(15-11-23,20-2-6-22(28)7-3-20)38(35,36)24-8-4-21(5-9-24)27(29,30)31/h2-9,19,23H,10-17H2,1H3. The second-order valence-corrected chi connectivity index (χ2v) is 13.5. The van der Waals surface area contributed by atoms with Gasteiger partial charge in [-0.2, -0.15) is 13.2 Å². The summed E-state index contributed by atoms with van der Waals surface area (Å²) in [5.74, 6) is 0.308. The SMILES string of the molecule is Cc1nonc1C1CCN(C2CCC(c3ccc(Br)cc3)(S(=O)(=O)c3ccc(C(F)(F)F)cc3)CC2)CC1. The Morgan fingerprint density at radius 3 is 2.08 bits per heavy atom. The lowest BCUT2D eigenvalue weighted by Gasteiger charge is -2.45. The Balaban J connectivity index is 1.37. The van der Waals surface area contributed by atoms with Crippen LogP contribution in [0.2, 0.25) is 0 Å². The normalized spacial score (nSPS) is 24.0. The van der Waals surface area contributed by atoms with Crippen molar-refractivity contribution < 1.29 is 26.2 Å². The average Bonchev–Trinajstić information content (AvgIpc) is 3.34. The molecule has 0 unspecified atom stereocenters. The number of benzene rings is 2. The highest BCUT2D eigenvalue weighted by Gasteiger charge is 2.49. The number of aromatic nitrogens is 2.